The minimum atomic E-state index is -3.94. The summed E-state index contributed by atoms with van der Waals surface area (Å²) >= 11 is 0. The SMILES string of the molecule is O=C(c1n[nH]c(=O)c2ccccc12)N1CCN(S(=O)(=O)c2cccc([N+](=O)[O-])c2)CC1. The maximum absolute atomic E-state index is 13.0. The largest absolute Gasteiger partial charge is 0.335 e. The Kier molecular flexibility index (Phi) is 5.25. The molecule has 3 aromatic rings. The maximum Gasteiger partial charge on any atom is 0.275 e. The second kappa shape index (κ2) is 7.89. The molecule has 0 radical (unpaired) electrons. The second-order valence-corrected chi connectivity index (χ2v) is 8.84. The van der Waals surface area contributed by atoms with Crippen LogP contribution in [0.15, 0.2) is 58.2 Å². The predicted octanol–water partition coefficient (Wildman–Crippen LogP) is 0.978. The molecule has 160 valence electrons. The number of nitrogens with zero attached hydrogens (tertiary/aromatic N) is 4. The first-order valence-corrected chi connectivity index (χ1v) is 10.7. The van der Waals surface area contributed by atoms with Gasteiger partial charge in [-0.1, -0.05) is 24.3 Å². The van der Waals surface area contributed by atoms with Gasteiger partial charge in [-0.3, -0.25) is 19.7 Å². The Morgan fingerprint density at radius 2 is 1.71 bits per heavy atom. The number of carbonyl (C=O) groups is 1. The molecule has 0 bridgehead atoms. The quantitative estimate of drug-likeness (QED) is 0.467. The molecule has 2 aromatic carbocycles. The number of rotatable bonds is 4. The van der Waals surface area contributed by atoms with Gasteiger partial charge in [0.25, 0.3) is 17.2 Å². The van der Waals surface area contributed by atoms with E-state index in [-0.39, 0.29) is 42.5 Å². The Balaban J connectivity index is 1.53. The summed E-state index contributed by atoms with van der Waals surface area (Å²) in [7, 11) is -3.94. The highest BCUT2D eigenvalue weighted by atomic mass is 32.2. The number of aromatic amines is 1. The predicted molar refractivity (Wildman–Crippen MR) is 110 cm³/mol. The fraction of sp³-hybridized carbons (Fsp3) is 0.211. The molecule has 2 heterocycles. The summed E-state index contributed by atoms with van der Waals surface area (Å²) in [6.07, 6.45) is 0. The van der Waals surface area contributed by atoms with Crippen LogP contribution in [0, 0.1) is 10.1 Å². The highest BCUT2D eigenvalue weighted by molar-refractivity contribution is 7.89. The van der Waals surface area contributed by atoms with Crippen LogP contribution in [0.25, 0.3) is 10.8 Å². The molecule has 0 saturated carbocycles. The standard InChI is InChI=1S/C19H17N5O6S/c25-18-16-7-2-1-6-15(16)17(20-21-18)19(26)22-8-10-23(11-9-22)31(29,30)14-5-3-4-13(12-14)24(27)28/h1-7,12H,8-11H2,(H,21,25). The van der Waals surface area contributed by atoms with Gasteiger partial charge >= 0.3 is 0 Å². The summed E-state index contributed by atoms with van der Waals surface area (Å²) < 4.78 is 26.9. The minimum Gasteiger partial charge on any atom is -0.335 e. The van der Waals surface area contributed by atoms with Gasteiger partial charge in [0.15, 0.2) is 5.69 Å². The van der Waals surface area contributed by atoms with Crippen molar-refractivity contribution in [2.24, 2.45) is 0 Å². The lowest BCUT2D eigenvalue weighted by Gasteiger charge is -2.33. The molecular formula is C19H17N5O6S. The van der Waals surface area contributed by atoms with Crippen molar-refractivity contribution in [3.05, 3.63) is 74.7 Å². The number of amides is 1. The van der Waals surface area contributed by atoms with Gasteiger partial charge in [0.2, 0.25) is 10.0 Å². The van der Waals surface area contributed by atoms with Crippen molar-refractivity contribution in [1.82, 2.24) is 19.4 Å². The van der Waals surface area contributed by atoms with Crippen molar-refractivity contribution in [2.45, 2.75) is 4.90 Å². The minimum absolute atomic E-state index is 0.0258. The smallest absolute Gasteiger partial charge is 0.275 e. The number of piperazine rings is 1. The topological polar surface area (TPSA) is 147 Å². The molecule has 1 fully saturated rings. The number of aromatic nitrogens is 2. The third-order valence-electron chi connectivity index (χ3n) is 5.09. The molecule has 1 aliphatic heterocycles. The Morgan fingerprint density at radius 3 is 2.39 bits per heavy atom. The highest BCUT2D eigenvalue weighted by Gasteiger charge is 2.32. The molecule has 31 heavy (non-hydrogen) atoms. The molecule has 1 N–H and O–H groups in total. The first-order valence-electron chi connectivity index (χ1n) is 9.30. The number of nitro benzene ring substituents is 1. The van der Waals surface area contributed by atoms with E-state index < -0.39 is 26.4 Å². The molecule has 1 aliphatic rings. The highest BCUT2D eigenvalue weighted by Crippen LogP contribution is 2.23. The van der Waals surface area contributed by atoms with Crippen LogP contribution < -0.4 is 5.56 Å². The third-order valence-corrected chi connectivity index (χ3v) is 6.99. The molecule has 1 aromatic heterocycles. The van der Waals surface area contributed by atoms with Crippen molar-refractivity contribution in [3.8, 4) is 0 Å². The number of H-pyrrole nitrogens is 1. The van der Waals surface area contributed by atoms with Crippen molar-refractivity contribution in [3.63, 3.8) is 0 Å². The van der Waals surface area contributed by atoms with Crippen molar-refractivity contribution in [1.29, 1.82) is 0 Å². The monoisotopic (exact) mass is 443 g/mol. The van der Waals surface area contributed by atoms with E-state index >= 15 is 0 Å². The van der Waals surface area contributed by atoms with Gasteiger partial charge in [0, 0.05) is 43.7 Å². The number of fused-ring (bicyclic) bond motifs is 1. The van der Waals surface area contributed by atoms with Gasteiger partial charge < -0.3 is 4.90 Å². The third kappa shape index (κ3) is 3.78. The van der Waals surface area contributed by atoms with Crippen LogP contribution in [-0.4, -0.2) is 64.8 Å². The van der Waals surface area contributed by atoms with Crippen LogP contribution in [0.4, 0.5) is 5.69 Å². The van der Waals surface area contributed by atoms with E-state index in [4.69, 9.17) is 0 Å². The molecule has 0 unspecified atom stereocenters. The van der Waals surface area contributed by atoms with E-state index in [0.717, 1.165) is 6.07 Å². The molecular weight excluding hydrogens is 426 g/mol. The zero-order valence-corrected chi connectivity index (χ0v) is 16.9. The van der Waals surface area contributed by atoms with Crippen LogP contribution in [0.2, 0.25) is 0 Å². The number of hydrogen-bond acceptors (Lipinski definition) is 7. The molecule has 11 nitrogen and oxygen atoms in total. The number of carbonyl (C=O) groups excluding carboxylic acids is 1. The summed E-state index contributed by atoms with van der Waals surface area (Å²) in [5.41, 5.74) is -0.629. The van der Waals surface area contributed by atoms with Gasteiger partial charge in [0.1, 0.15) is 0 Å². The molecule has 0 aliphatic carbocycles. The van der Waals surface area contributed by atoms with Crippen molar-refractivity contribution < 1.29 is 18.1 Å². The molecule has 0 atom stereocenters. The van der Waals surface area contributed by atoms with E-state index in [9.17, 15) is 28.1 Å². The Labute approximate surface area is 176 Å². The molecule has 4 rings (SSSR count). The van der Waals surface area contributed by atoms with Crippen LogP contribution in [-0.2, 0) is 10.0 Å². The van der Waals surface area contributed by atoms with Gasteiger partial charge in [-0.25, -0.2) is 13.5 Å². The van der Waals surface area contributed by atoms with Crippen LogP contribution in [0.5, 0.6) is 0 Å². The molecule has 12 heteroatoms. The van der Waals surface area contributed by atoms with E-state index in [1.165, 1.54) is 27.4 Å². The lowest BCUT2D eigenvalue weighted by Crippen LogP contribution is -2.50. The molecule has 1 amide bonds. The van der Waals surface area contributed by atoms with Crippen LogP contribution >= 0.6 is 0 Å². The lowest BCUT2D eigenvalue weighted by molar-refractivity contribution is -0.385. The van der Waals surface area contributed by atoms with Gasteiger partial charge in [0.05, 0.1) is 15.2 Å². The first kappa shape index (κ1) is 20.6. The Morgan fingerprint density at radius 1 is 1.03 bits per heavy atom. The van der Waals surface area contributed by atoms with Crippen LogP contribution in [0.3, 0.4) is 0 Å². The number of nitro groups is 1. The van der Waals surface area contributed by atoms with Gasteiger partial charge in [-0.05, 0) is 12.1 Å². The van der Waals surface area contributed by atoms with E-state index in [2.05, 4.69) is 10.2 Å². The van der Waals surface area contributed by atoms with E-state index in [1.54, 1.807) is 24.3 Å². The fourth-order valence-corrected chi connectivity index (χ4v) is 4.93. The number of benzene rings is 2. The fourth-order valence-electron chi connectivity index (χ4n) is 3.47. The number of non-ortho nitro benzene ring substituents is 1. The zero-order valence-electron chi connectivity index (χ0n) is 16.1. The number of nitrogens with one attached hydrogen (secondary N) is 1. The summed E-state index contributed by atoms with van der Waals surface area (Å²) in [4.78, 5) is 36.5. The molecule has 1 saturated heterocycles. The average molecular weight is 443 g/mol. The van der Waals surface area contributed by atoms with E-state index in [1.807, 2.05) is 0 Å². The Hall–Kier alpha value is -3.64. The first-order chi connectivity index (χ1) is 14.8. The van der Waals surface area contributed by atoms with Crippen molar-refractivity contribution in [2.75, 3.05) is 26.2 Å². The van der Waals surface area contributed by atoms with Crippen LogP contribution in [0.1, 0.15) is 10.5 Å². The van der Waals surface area contributed by atoms with E-state index in [0.29, 0.717) is 10.8 Å². The van der Waals surface area contributed by atoms with Gasteiger partial charge in [-0.15, -0.1) is 0 Å². The second-order valence-electron chi connectivity index (χ2n) is 6.90. The zero-order chi connectivity index (χ0) is 22.2. The summed E-state index contributed by atoms with van der Waals surface area (Å²) in [5.74, 6) is -0.417. The maximum atomic E-state index is 13.0. The summed E-state index contributed by atoms with van der Waals surface area (Å²) in [5, 5.41) is 17.9. The number of sulfonamides is 1. The number of hydrogen-bond donors (Lipinski definition) is 1. The Bertz CT molecular complexity index is 1350. The normalized spacial score (nSPS) is 15.2. The molecule has 0 spiro atoms. The average Bonchev–Trinajstić information content (AvgIpc) is 2.79. The lowest BCUT2D eigenvalue weighted by atomic mass is 10.1. The van der Waals surface area contributed by atoms with Crippen molar-refractivity contribution >= 4 is 32.4 Å². The van der Waals surface area contributed by atoms with Gasteiger partial charge in [-0.2, -0.15) is 9.40 Å². The summed E-state index contributed by atoms with van der Waals surface area (Å²) in [6, 6.07) is 11.5. The summed E-state index contributed by atoms with van der Waals surface area (Å²) in [6.45, 7) is 0.278.